The van der Waals surface area contributed by atoms with E-state index in [2.05, 4.69) is 53.2 Å². The van der Waals surface area contributed by atoms with Crippen molar-refractivity contribution in [3.05, 3.63) is 47.2 Å². The molecule has 0 saturated carbocycles. The van der Waals surface area contributed by atoms with Crippen LogP contribution in [0.5, 0.6) is 5.88 Å². The molecule has 2 N–H and O–H groups in total. The number of hydrogen-bond acceptors (Lipinski definition) is 7. The molecule has 0 unspecified atom stereocenters. The Kier molecular flexibility index (Phi) is 5.80. The molecule has 3 aromatic rings. The van der Waals surface area contributed by atoms with Crippen LogP contribution in [-0.2, 0) is 0 Å². The number of thiazole rings is 1. The molecule has 136 valence electrons. The molecular weight excluding hydrogens is 348 g/mol. The van der Waals surface area contributed by atoms with Gasteiger partial charge in [0.2, 0.25) is 11.8 Å². The molecule has 26 heavy (non-hydrogen) atoms. The second-order valence-corrected chi connectivity index (χ2v) is 7.28. The van der Waals surface area contributed by atoms with E-state index < -0.39 is 0 Å². The predicted octanol–water partition coefficient (Wildman–Crippen LogP) is 4.15. The second kappa shape index (κ2) is 8.25. The van der Waals surface area contributed by atoms with Crippen molar-refractivity contribution in [1.82, 2.24) is 15.0 Å². The highest BCUT2D eigenvalue weighted by Crippen LogP contribution is 2.32. The summed E-state index contributed by atoms with van der Waals surface area (Å²) < 4.78 is 5.33. The van der Waals surface area contributed by atoms with Gasteiger partial charge in [0.25, 0.3) is 0 Å². The number of aliphatic hydroxyl groups is 1. The van der Waals surface area contributed by atoms with Crippen LogP contribution in [0.25, 0.3) is 10.4 Å². The Hall–Kier alpha value is -2.51. The van der Waals surface area contributed by atoms with Gasteiger partial charge in [-0.15, -0.1) is 11.3 Å². The highest BCUT2D eigenvalue weighted by Gasteiger charge is 2.10. The number of benzene rings is 1. The van der Waals surface area contributed by atoms with E-state index in [9.17, 15) is 0 Å². The minimum Gasteiger partial charge on any atom is -0.475 e. The highest BCUT2D eigenvalue weighted by atomic mass is 32.1. The van der Waals surface area contributed by atoms with Crippen LogP contribution >= 0.6 is 11.3 Å². The summed E-state index contributed by atoms with van der Waals surface area (Å²) in [7, 11) is 0. The number of aliphatic hydroxyl groups excluding tert-OH is 1. The standard InChI is InChI=1S/C19H22N4O2S/c1-12(2)18-21-11-16(26-18)14-8-13(3)9-15(10-14)22-19-20-5-4-17(23-19)25-7-6-24/h4-5,8-12,24H,6-7H2,1-3H3,(H,20,22,23). The Morgan fingerprint density at radius 1 is 1.23 bits per heavy atom. The topological polar surface area (TPSA) is 80.2 Å². The van der Waals surface area contributed by atoms with E-state index in [4.69, 9.17) is 9.84 Å². The van der Waals surface area contributed by atoms with Gasteiger partial charge in [-0.3, -0.25) is 0 Å². The molecular formula is C19H22N4O2S. The summed E-state index contributed by atoms with van der Waals surface area (Å²) in [6, 6.07) is 7.91. The van der Waals surface area contributed by atoms with Crippen LogP contribution in [0.4, 0.5) is 11.6 Å². The average Bonchev–Trinajstić information content (AvgIpc) is 3.10. The highest BCUT2D eigenvalue weighted by molar-refractivity contribution is 7.15. The van der Waals surface area contributed by atoms with Gasteiger partial charge in [-0.05, 0) is 30.2 Å². The van der Waals surface area contributed by atoms with E-state index in [0.29, 0.717) is 17.7 Å². The third-order valence-corrected chi connectivity index (χ3v) is 4.95. The van der Waals surface area contributed by atoms with E-state index in [1.54, 1.807) is 23.6 Å². The van der Waals surface area contributed by atoms with E-state index in [1.807, 2.05) is 12.3 Å². The summed E-state index contributed by atoms with van der Waals surface area (Å²) in [5.41, 5.74) is 3.15. The van der Waals surface area contributed by atoms with Crippen molar-refractivity contribution in [2.45, 2.75) is 26.7 Å². The third kappa shape index (κ3) is 4.56. The molecule has 0 atom stereocenters. The van der Waals surface area contributed by atoms with Gasteiger partial charge < -0.3 is 15.2 Å². The lowest BCUT2D eigenvalue weighted by Crippen LogP contribution is -2.05. The first-order valence-electron chi connectivity index (χ1n) is 8.46. The fourth-order valence-electron chi connectivity index (χ4n) is 2.45. The van der Waals surface area contributed by atoms with Crippen LogP contribution in [0.15, 0.2) is 36.7 Å². The Morgan fingerprint density at radius 2 is 2.08 bits per heavy atom. The van der Waals surface area contributed by atoms with Crippen molar-refractivity contribution < 1.29 is 9.84 Å². The van der Waals surface area contributed by atoms with Crippen molar-refractivity contribution >= 4 is 23.0 Å². The normalized spacial score (nSPS) is 11.0. The summed E-state index contributed by atoms with van der Waals surface area (Å²) in [5.74, 6) is 1.30. The SMILES string of the molecule is Cc1cc(Nc2nccc(OCCO)n2)cc(-c2cnc(C(C)C)s2)c1. The summed E-state index contributed by atoms with van der Waals surface area (Å²) in [6.45, 7) is 6.50. The molecule has 0 amide bonds. The van der Waals surface area contributed by atoms with Crippen molar-refractivity contribution in [2.75, 3.05) is 18.5 Å². The molecule has 3 rings (SSSR count). The molecule has 0 bridgehead atoms. The summed E-state index contributed by atoms with van der Waals surface area (Å²) in [5, 5.41) is 13.2. The quantitative estimate of drug-likeness (QED) is 0.650. The fourth-order valence-corrected chi connectivity index (χ4v) is 3.36. The lowest BCUT2D eigenvalue weighted by molar-refractivity contribution is 0.196. The van der Waals surface area contributed by atoms with Crippen LogP contribution in [0.3, 0.4) is 0 Å². The molecule has 0 aliphatic carbocycles. The van der Waals surface area contributed by atoms with Crippen LogP contribution in [0.2, 0.25) is 0 Å². The van der Waals surface area contributed by atoms with Crippen LogP contribution in [0.1, 0.15) is 30.3 Å². The summed E-state index contributed by atoms with van der Waals surface area (Å²) in [4.78, 5) is 14.2. The predicted molar refractivity (Wildman–Crippen MR) is 104 cm³/mol. The zero-order valence-corrected chi connectivity index (χ0v) is 15.9. The number of nitrogens with zero attached hydrogens (tertiary/aromatic N) is 3. The minimum absolute atomic E-state index is 0.0543. The average molecular weight is 370 g/mol. The van der Waals surface area contributed by atoms with Gasteiger partial charge in [0.15, 0.2) is 0 Å². The maximum Gasteiger partial charge on any atom is 0.230 e. The second-order valence-electron chi connectivity index (χ2n) is 6.22. The lowest BCUT2D eigenvalue weighted by Gasteiger charge is -2.09. The molecule has 7 heteroatoms. The molecule has 0 saturated heterocycles. The monoisotopic (exact) mass is 370 g/mol. The summed E-state index contributed by atoms with van der Waals surface area (Å²) >= 11 is 1.72. The Bertz CT molecular complexity index is 879. The van der Waals surface area contributed by atoms with Crippen LogP contribution in [0, 0.1) is 6.92 Å². The van der Waals surface area contributed by atoms with E-state index in [-0.39, 0.29) is 13.2 Å². The van der Waals surface area contributed by atoms with E-state index in [1.165, 1.54) is 0 Å². The largest absolute Gasteiger partial charge is 0.475 e. The smallest absolute Gasteiger partial charge is 0.230 e. The van der Waals surface area contributed by atoms with Gasteiger partial charge in [-0.25, -0.2) is 9.97 Å². The Morgan fingerprint density at radius 3 is 2.81 bits per heavy atom. The van der Waals surface area contributed by atoms with Gasteiger partial charge >= 0.3 is 0 Å². The van der Waals surface area contributed by atoms with Crippen molar-refractivity contribution in [3.63, 3.8) is 0 Å². The molecule has 0 spiro atoms. The van der Waals surface area contributed by atoms with Crippen molar-refractivity contribution in [3.8, 4) is 16.3 Å². The first-order valence-corrected chi connectivity index (χ1v) is 9.28. The van der Waals surface area contributed by atoms with Crippen LogP contribution < -0.4 is 10.1 Å². The van der Waals surface area contributed by atoms with E-state index >= 15 is 0 Å². The number of ether oxygens (including phenoxy) is 1. The lowest BCUT2D eigenvalue weighted by atomic mass is 10.1. The van der Waals surface area contributed by atoms with Gasteiger partial charge in [0.05, 0.1) is 16.5 Å². The zero-order valence-electron chi connectivity index (χ0n) is 15.1. The number of anilines is 2. The summed E-state index contributed by atoms with van der Waals surface area (Å²) in [6.07, 6.45) is 3.55. The van der Waals surface area contributed by atoms with Gasteiger partial charge in [-0.1, -0.05) is 19.9 Å². The molecule has 6 nitrogen and oxygen atoms in total. The number of aryl methyl sites for hydroxylation is 1. The molecule has 0 fully saturated rings. The molecule has 1 aromatic carbocycles. The number of rotatable bonds is 7. The van der Waals surface area contributed by atoms with Gasteiger partial charge in [0.1, 0.15) is 6.61 Å². The zero-order chi connectivity index (χ0) is 18.5. The molecule has 2 heterocycles. The number of aromatic nitrogens is 3. The molecule has 0 radical (unpaired) electrons. The molecule has 2 aromatic heterocycles. The molecule has 0 aliphatic rings. The maximum atomic E-state index is 8.85. The van der Waals surface area contributed by atoms with E-state index in [0.717, 1.165) is 26.7 Å². The third-order valence-electron chi connectivity index (χ3n) is 3.61. The maximum absolute atomic E-state index is 8.85. The Balaban J connectivity index is 1.83. The van der Waals surface area contributed by atoms with Gasteiger partial charge in [0, 0.05) is 30.1 Å². The fraction of sp³-hybridized carbons (Fsp3) is 0.316. The number of nitrogens with one attached hydrogen (secondary N) is 1. The number of hydrogen-bond donors (Lipinski definition) is 2. The van der Waals surface area contributed by atoms with Crippen LogP contribution in [-0.4, -0.2) is 33.3 Å². The van der Waals surface area contributed by atoms with Crippen molar-refractivity contribution in [2.24, 2.45) is 0 Å². The first kappa shape index (κ1) is 18.3. The van der Waals surface area contributed by atoms with Crippen molar-refractivity contribution in [1.29, 1.82) is 0 Å². The molecule has 0 aliphatic heterocycles. The minimum atomic E-state index is -0.0543. The Labute approximate surface area is 156 Å². The first-order chi connectivity index (χ1) is 12.5. The van der Waals surface area contributed by atoms with Gasteiger partial charge in [-0.2, -0.15) is 4.98 Å².